The highest BCUT2D eigenvalue weighted by Gasteiger charge is 2.59. The van der Waals surface area contributed by atoms with Crippen molar-refractivity contribution in [2.45, 2.75) is 52.1 Å². The maximum Gasteiger partial charge on any atom is 0.313 e. The summed E-state index contributed by atoms with van der Waals surface area (Å²) in [5, 5.41) is 9.72. The van der Waals surface area contributed by atoms with Crippen molar-refractivity contribution in [3.05, 3.63) is 35.3 Å². The molecule has 0 radical (unpaired) electrons. The van der Waals surface area contributed by atoms with Crippen molar-refractivity contribution in [2.24, 2.45) is 17.3 Å². The number of aliphatic hydroxyl groups excluding tert-OH is 1. The fourth-order valence-corrected chi connectivity index (χ4v) is 4.87. The van der Waals surface area contributed by atoms with Gasteiger partial charge in [0.2, 0.25) is 0 Å². The summed E-state index contributed by atoms with van der Waals surface area (Å²) in [6.07, 6.45) is 5.84. The summed E-state index contributed by atoms with van der Waals surface area (Å²) in [6.45, 7) is 3.95. The average Bonchev–Trinajstić information content (AvgIpc) is 3.31. The Labute approximate surface area is 159 Å². The zero-order valence-corrected chi connectivity index (χ0v) is 16.2. The second-order valence-corrected chi connectivity index (χ2v) is 7.77. The fraction of sp³-hybridized carbons (Fsp3) is 0.619. The van der Waals surface area contributed by atoms with Crippen LogP contribution in [-0.2, 0) is 19.1 Å². The van der Waals surface area contributed by atoms with Gasteiger partial charge in [0.1, 0.15) is 6.10 Å². The van der Waals surface area contributed by atoms with Crippen LogP contribution in [0.25, 0.3) is 0 Å². The van der Waals surface area contributed by atoms with E-state index in [1.165, 1.54) is 7.11 Å². The van der Waals surface area contributed by atoms with E-state index in [1.807, 2.05) is 13.0 Å². The largest absolute Gasteiger partial charge is 0.472 e. The zero-order chi connectivity index (χ0) is 19.6. The number of cyclic esters (lactones) is 1. The minimum absolute atomic E-state index is 0.0469. The molecule has 0 amide bonds. The Kier molecular flexibility index (Phi) is 5.75. The van der Waals surface area contributed by atoms with Crippen molar-refractivity contribution < 1.29 is 28.6 Å². The van der Waals surface area contributed by atoms with E-state index in [1.54, 1.807) is 12.5 Å². The number of methoxy groups -OCH3 is 1. The molecule has 148 valence electrons. The third-order valence-electron chi connectivity index (χ3n) is 6.49. The van der Waals surface area contributed by atoms with Crippen molar-refractivity contribution >= 4 is 11.9 Å². The third-order valence-corrected chi connectivity index (χ3v) is 6.49. The van der Waals surface area contributed by atoms with Gasteiger partial charge < -0.3 is 19.0 Å². The van der Waals surface area contributed by atoms with Crippen LogP contribution in [0.3, 0.4) is 0 Å². The smallest absolute Gasteiger partial charge is 0.313 e. The average molecular weight is 376 g/mol. The van der Waals surface area contributed by atoms with E-state index in [0.29, 0.717) is 12.8 Å². The van der Waals surface area contributed by atoms with Crippen molar-refractivity contribution in [3.8, 4) is 0 Å². The number of esters is 2. The summed E-state index contributed by atoms with van der Waals surface area (Å²) in [5.41, 5.74) is 2.13. The molecule has 2 fully saturated rings. The molecule has 0 bridgehead atoms. The van der Waals surface area contributed by atoms with Gasteiger partial charge in [0.05, 0.1) is 31.7 Å². The molecule has 1 aromatic heterocycles. The van der Waals surface area contributed by atoms with E-state index >= 15 is 0 Å². The molecule has 1 N–H and O–H groups in total. The van der Waals surface area contributed by atoms with Gasteiger partial charge in [-0.15, -0.1) is 0 Å². The molecule has 1 spiro atoms. The first-order chi connectivity index (χ1) is 12.9. The molecule has 0 unspecified atom stereocenters. The monoisotopic (exact) mass is 376 g/mol. The second-order valence-electron chi connectivity index (χ2n) is 7.77. The topological polar surface area (TPSA) is 86.0 Å². The SMILES string of the molecule is COC(=O)CC[C@H]1/C(=C(\C)CO)CC[C@@H](C)[C@]12C[C@@H](c1ccoc1)OC2=O. The molecule has 1 aliphatic heterocycles. The molecule has 6 heteroatoms. The lowest BCUT2D eigenvalue weighted by molar-refractivity contribution is -0.155. The number of carbonyl (C=O) groups excluding carboxylic acids is 2. The van der Waals surface area contributed by atoms with E-state index in [4.69, 9.17) is 13.9 Å². The van der Waals surface area contributed by atoms with Crippen LogP contribution in [0.4, 0.5) is 0 Å². The molecule has 2 heterocycles. The van der Waals surface area contributed by atoms with Crippen molar-refractivity contribution in [3.63, 3.8) is 0 Å². The quantitative estimate of drug-likeness (QED) is 0.625. The highest BCUT2D eigenvalue weighted by Crippen LogP contribution is 2.59. The minimum Gasteiger partial charge on any atom is -0.472 e. The molecule has 1 saturated heterocycles. The first kappa shape index (κ1) is 19.7. The number of hydrogen-bond acceptors (Lipinski definition) is 6. The lowest BCUT2D eigenvalue weighted by Gasteiger charge is -2.45. The van der Waals surface area contributed by atoms with Crippen LogP contribution < -0.4 is 0 Å². The van der Waals surface area contributed by atoms with Crippen LogP contribution in [0.5, 0.6) is 0 Å². The molecule has 27 heavy (non-hydrogen) atoms. The minimum atomic E-state index is -0.694. The summed E-state index contributed by atoms with van der Waals surface area (Å²) in [7, 11) is 1.37. The Morgan fingerprint density at radius 1 is 1.44 bits per heavy atom. The van der Waals surface area contributed by atoms with Crippen molar-refractivity contribution in [1.82, 2.24) is 0 Å². The summed E-state index contributed by atoms with van der Waals surface area (Å²) in [5.74, 6) is -0.516. The highest BCUT2D eigenvalue weighted by atomic mass is 16.6. The van der Waals surface area contributed by atoms with Crippen LogP contribution >= 0.6 is 0 Å². The maximum absolute atomic E-state index is 13.2. The molecule has 2 aliphatic rings. The number of furan rings is 1. The molecule has 3 rings (SSSR count). The molecular weight excluding hydrogens is 348 g/mol. The first-order valence-electron chi connectivity index (χ1n) is 9.53. The first-order valence-corrected chi connectivity index (χ1v) is 9.53. The Balaban J connectivity index is 1.99. The van der Waals surface area contributed by atoms with Gasteiger partial charge in [-0.2, -0.15) is 0 Å². The van der Waals surface area contributed by atoms with Crippen LogP contribution in [0.1, 0.15) is 57.6 Å². The predicted octanol–water partition coefficient (Wildman–Crippen LogP) is 3.56. The summed E-state index contributed by atoms with van der Waals surface area (Å²) in [6, 6.07) is 1.82. The van der Waals surface area contributed by atoms with E-state index < -0.39 is 5.41 Å². The Bertz CT molecular complexity index is 719. The Morgan fingerprint density at radius 2 is 2.22 bits per heavy atom. The van der Waals surface area contributed by atoms with E-state index in [9.17, 15) is 14.7 Å². The lowest BCUT2D eigenvalue weighted by atomic mass is 9.55. The molecular formula is C21H28O6. The van der Waals surface area contributed by atoms with Gasteiger partial charge >= 0.3 is 11.9 Å². The third kappa shape index (κ3) is 3.43. The van der Waals surface area contributed by atoms with Gasteiger partial charge in [0.15, 0.2) is 0 Å². The molecule has 6 nitrogen and oxygen atoms in total. The lowest BCUT2D eigenvalue weighted by Crippen LogP contribution is -2.45. The number of ether oxygens (including phenoxy) is 2. The number of aliphatic hydroxyl groups is 1. The van der Waals surface area contributed by atoms with E-state index in [-0.39, 0.29) is 42.9 Å². The van der Waals surface area contributed by atoms with Gasteiger partial charge in [-0.25, -0.2) is 0 Å². The maximum atomic E-state index is 13.2. The van der Waals surface area contributed by atoms with Gasteiger partial charge in [-0.1, -0.05) is 12.5 Å². The number of hydrogen-bond donors (Lipinski definition) is 1. The molecule has 4 atom stereocenters. The van der Waals surface area contributed by atoms with Gasteiger partial charge in [0, 0.05) is 18.4 Å². The standard InChI is InChI=1S/C21H28O6/c1-13(11-22)16-5-4-14(2)21(17(16)6-7-19(23)25-3)10-18(27-20(21)24)15-8-9-26-12-15/h8-9,12,14,17-18,22H,4-7,10-11H2,1-3H3/b16-13+/t14-,17+,18+,21-/m1/s1. The number of allylic oxidation sites excluding steroid dienone is 1. The van der Waals surface area contributed by atoms with Crippen molar-refractivity contribution in [2.75, 3.05) is 13.7 Å². The van der Waals surface area contributed by atoms with Crippen LogP contribution in [0, 0.1) is 17.3 Å². The molecule has 1 saturated carbocycles. The summed E-state index contributed by atoms with van der Waals surface area (Å²) in [4.78, 5) is 25.0. The predicted molar refractivity (Wildman–Crippen MR) is 97.5 cm³/mol. The fourth-order valence-electron chi connectivity index (χ4n) is 4.87. The summed E-state index contributed by atoms with van der Waals surface area (Å²) >= 11 is 0. The summed E-state index contributed by atoms with van der Waals surface area (Å²) < 4.78 is 15.8. The number of rotatable bonds is 5. The van der Waals surface area contributed by atoms with Crippen LogP contribution in [0.2, 0.25) is 0 Å². The highest BCUT2D eigenvalue weighted by molar-refractivity contribution is 5.81. The Hall–Kier alpha value is -2.08. The number of carbonyl (C=O) groups is 2. The molecule has 0 aromatic carbocycles. The van der Waals surface area contributed by atoms with Crippen LogP contribution in [0.15, 0.2) is 34.2 Å². The van der Waals surface area contributed by atoms with Gasteiger partial charge in [-0.3, -0.25) is 9.59 Å². The second kappa shape index (κ2) is 7.89. The van der Waals surface area contributed by atoms with Gasteiger partial charge in [0.25, 0.3) is 0 Å². The van der Waals surface area contributed by atoms with E-state index in [0.717, 1.165) is 29.6 Å². The van der Waals surface area contributed by atoms with E-state index in [2.05, 4.69) is 6.92 Å². The van der Waals surface area contributed by atoms with Crippen molar-refractivity contribution in [1.29, 1.82) is 0 Å². The van der Waals surface area contributed by atoms with Crippen LogP contribution in [-0.4, -0.2) is 30.8 Å². The molecule has 1 aromatic rings. The van der Waals surface area contributed by atoms with Gasteiger partial charge in [-0.05, 0) is 49.7 Å². The Morgan fingerprint density at radius 3 is 2.85 bits per heavy atom. The molecule has 1 aliphatic carbocycles. The zero-order valence-electron chi connectivity index (χ0n) is 16.2. The normalized spacial score (nSPS) is 32.4.